The molecule has 3 heterocycles. The zero-order chi connectivity index (χ0) is 28.1. The minimum absolute atomic E-state index is 0.0227. The molecule has 6 rings (SSSR count). The second-order valence-electron chi connectivity index (χ2n) is 8.91. The lowest BCUT2D eigenvalue weighted by Crippen LogP contribution is -2.22. The van der Waals surface area contributed by atoms with Crippen LogP contribution in [-0.4, -0.2) is 31.4 Å². The fourth-order valence-corrected chi connectivity index (χ4v) is 4.89. The first kappa shape index (κ1) is 25.4. The molecule has 8 nitrogen and oxygen atoms in total. The Labute approximate surface area is 227 Å². The van der Waals surface area contributed by atoms with Crippen molar-refractivity contribution >= 4 is 34.7 Å². The van der Waals surface area contributed by atoms with Crippen molar-refractivity contribution < 1.29 is 27.2 Å². The van der Waals surface area contributed by atoms with Gasteiger partial charge in [-0.2, -0.15) is 5.10 Å². The molecule has 0 unspecified atom stereocenters. The first-order valence-electron chi connectivity index (χ1n) is 11.7. The largest absolute Gasteiger partial charge is 0.341 e. The number of hydrogen-bond donors (Lipinski definition) is 2. The molecule has 5 aromatic rings. The van der Waals surface area contributed by atoms with Crippen LogP contribution in [0.4, 0.5) is 23.2 Å². The predicted molar refractivity (Wildman–Crippen MR) is 136 cm³/mol. The van der Waals surface area contributed by atoms with Crippen molar-refractivity contribution in [2.45, 2.75) is 12.5 Å². The normalized spacial score (nSPS) is 14.4. The smallest absolute Gasteiger partial charge is 0.264 e. The minimum Gasteiger partial charge on any atom is -0.341 e. The zero-order valence-electron chi connectivity index (χ0n) is 20.0. The monoisotopic (exact) mass is 566 g/mol. The number of carbonyl (C=O) groups excluding carboxylic acids is 2. The fraction of sp³-hybridized carbons (Fsp3) is 0.0741. The third-order valence-electron chi connectivity index (χ3n) is 6.42. The van der Waals surface area contributed by atoms with Crippen molar-refractivity contribution in [2.24, 2.45) is 0 Å². The van der Waals surface area contributed by atoms with E-state index in [1.165, 1.54) is 35.2 Å². The zero-order valence-corrected chi connectivity index (χ0v) is 20.8. The average Bonchev–Trinajstić information content (AvgIpc) is 3.51. The van der Waals surface area contributed by atoms with Crippen LogP contribution >= 0.6 is 11.6 Å². The Morgan fingerprint density at radius 2 is 1.88 bits per heavy atom. The lowest BCUT2D eigenvalue weighted by atomic mass is 9.91. The Kier molecular flexibility index (Phi) is 6.18. The highest BCUT2D eigenvalue weighted by Gasteiger charge is 2.36. The van der Waals surface area contributed by atoms with Gasteiger partial charge in [0.15, 0.2) is 5.65 Å². The number of amides is 2. The molecule has 200 valence electrons. The Morgan fingerprint density at radius 3 is 2.65 bits per heavy atom. The molecule has 40 heavy (non-hydrogen) atoms. The summed E-state index contributed by atoms with van der Waals surface area (Å²) in [6.45, 7) is 0. The van der Waals surface area contributed by atoms with Gasteiger partial charge >= 0.3 is 0 Å². The highest BCUT2D eigenvalue weighted by molar-refractivity contribution is 6.31. The number of rotatable bonds is 5. The van der Waals surface area contributed by atoms with E-state index in [0.29, 0.717) is 16.9 Å². The molecule has 0 fully saturated rings. The van der Waals surface area contributed by atoms with Crippen LogP contribution < -0.4 is 10.6 Å². The van der Waals surface area contributed by atoms with Gasteiger partial charge in [-0.05, 0) is 48.0 Å². The van der Waals surface area contributed by atoms with Crippen LogP contribution in [0.1, 0.15) is 49.9 Å². The summed E-state index contributed by atoms with van der Waals surface area (Å²) in [5.74, 6) is -2.97. The number of aromatic nitrogens is 4. The van der Waals surface area contributed by atoms with Gasteiger partial charge in [0.05, 0.1) is 24.1 Å². The molecular weight excluding hydrogens is 552 g/mol. The summed E-state index contributed by atoms with van der Waals surface area (Å²) < 4.78 is 57.5. The van der Waals surface area contributed by atoms with E-state index in [2.05, 4.69) is 25.7 Å². The van der Waals surface area contributed by atoms with E-state index in [0.717, 1.165) is 30.3 Å². The fourth-order valence-electron chi connectivity index (χ4n) is 4.67. The maximum Gasteiger partial charge on any atom is 0.264 e. The van der Waals surface area contributed by atoms with E-state index in [4.69, 9.17) is 11.6 Å². The van der Waals surface area contributed by atoms with Crippen LogP contribution in [0.3, 0.4) is 0 Å². The van der Waals surface area contributed by atoms with E-state index in [1.54, 1.807) is 6.20 Å². The summed E-state index contributed by atoms with van der Waals surface area (Å²) in [7, 11) is 0. The maximum absolute atomic E-state index is 14.2. The van der Waals surface area contributed by atoms with Gasteiger partial charge in [-0.1, -0.05) is 17.7 Å². The van der Waals surface area contributed by atoms with Crippen molar-refractivity contribution in [3.63, 3.8) is 0 Å². The third-order valence-corrected chi connectivity index (χ3v) is 6.64. The van der Waals surface area contributed by atoms with Crippen LogP contribution in [0.15, 0.2) is 67.3 Å². The number of fused-ring (bicyclic) bond motifs is 2. The van der Waals surface area contributed by atoms with Crippen LogP contribution in [-0.2, 0) is 0 Å². The highest BCUT2D eigenvalue weighted by Crippen LogP contribution is 2.42. The van der Waals surface area contributed by atoms with E-state index in [-0.39, 0.29) is 33.0 Å². The lowest BCUT2D eigenvalue weighted by Gasteiger charge is -2.20. The molecular formula is C27H15ClF4N6O2. The second-order valence-corrected chi connectivity index (χ2v) is 9.35. The molecule has 13 heteroatoms. The van der Waals surface area contributed by atoms with Crippen LogP contribution in [0.25, 0.3) is 16.9 Å². The molecule has 1 aliphatic rings. The Balaban J connectivity index is 1.54. The quantitative estimate of drug-likeness (QED) is 0.264. The molecule has 2 N–H and O–H groups in total. The highest BCUT2D eigenvalue weighted by atomic mass is 35.5. The van der Waals surface area contributed by atoms with Crippen molar-refractivity contribution in [1.29, 1.82) is 0 Å². The molecule has 2 amide bonds. The first-order valence-corrected chi connectivity index (χ1v) is 12.1. The number of nitrogens with zero attached hydrogens (tertiary/aromatic N) is 4. The van der Waals surface area contributed by atoms with Crippen LogP contribution in [0.2, 0.25) is 5.02 Å². The summed E-state index contributed by atoms with van der Waals surface area (Å²) in [6, 6.07) is 7.72. The lowest BCUT2D eigenvalue weighted by molar-refractivity contribution is 0.0958. The molecule has 0 bridgehead atoms. The van der Waals surface area contributed by atoms with E-state index in [1.807, 2.05) is 0 Å². The molecule has 0 saturated carbocycles. The van der Waals surface area contributed by atoms with Gasteiger partial charge in [-0.3, -0.25) is 14.6 Å². The number of hydrogen-bond acceptors (Lipinski definition) is 5. The van der Waals surface area contributed by atoms with Gasteiger partial charge in [-0.25, -0.2) is 27.1 Å². The van der Waals surface area contributed by atoms with Crippen LogP contribution in [0, 0.1) is 11.6 Å². The summed E-state index contributed by atoms with van der Waals surface area (Å²) in [5.41, 5.74) is 0.583. The van der Waals surface area contributed by atoms with Gasteiger partial charge in [0.2, 0.25) is 0 Å². The molecule has 1 aliphatic heterocycles. The average molecular weight is 567 g/mol. The molecule has 3 aromatic carbocycles. The Morgan fingerprint density at radius 1 is 1.05 bits per heavy atom. The molecule has 0 radical (unpaired) electrons. The van der Waals surface area contributed by atoms with E-state index < -0.39 is 41.5 Å². The van der Waals surface area contributed by atoms with Gasteiger partial charge in [0, 0.05) is 38.5 Å². The van der Waals surface area contributed by atoms with E-state index >= 15 is 0 Å². The second kappa shape index (κ2) is 9.72. The molecule has 0 aliphatic carbocycles. The molecule has 0 saturated heterocycles. The summed E-state index contributed by atoms with van der Waals surface area (Å²) in [6.07, 6.45) is 1.36. The number of carbonyl (C=O) groups is 2. The number of halogens is 5. The number of benzene rings is 3. The summed E-state index contributed by atoms with van der Waals surface area (Å²) >= 11 is 5.92. The van der Waals surface area contributed by atoms with Gasteiger partial charge in [-0.15, -0.1) is 0 Å². The summed E-state index contributed by atoms with van der Waals surface area (Å²) in [5, 5.41) is 9.30. The number of alkyl halides is 2. The minimum atomic E-state index is -2.97. The van der Waals surface area contributed by atoms with Crippen molar-refractivity contribution in [1.82, 2.24) is 24.9 Å². The Hall–Kier alpha value is -4.84. The topological polar surface area (TPSA) is 101 Å². The predicted octanol–water partition coefficient (Wildman–Crippen LogP) is 5.75. The molecule has 0 spiro atoms. The number of nitrogens with one attached hydrogen (secondary N) is 2. The molecule has 2 aromatic heterocycles. The van der Waals surface area contributed by atoms with Crippen molar-refractivity contribution in [3.05, 3.63) is 112 Å². The number of anilines is 1. The van der Waals surface area contributed by atoms with Crippen molar-refractivity contribution in [3.8, 4) is 11.3 Å². The van der Waals surface area contributed by atoms with Gasteiger partial charge in [0.1, 0.15) is 18.0 Å². The van der Waals surface area contributed by atoms with Gasteiger partial charge < -0.3 is 10.6 Å². The van der Waals surface area contributed by atoms with E-state index in [9.17, 15) is 27.2 Å². The summed E-state index contributed by atoms with van der Waals surface area (Å²) in [4.78, 5) is 34.7. The molecule has 1 atom stereocenters. The Bertz CT molecular complexity index is 1820. The SMILES string of the molecule is O=C(Nc1cc(-c2cn3ncnc3cn2)cc2c1[C@H](c1cc(F)ccc1C(F)F)NC2=O)c1cc(F)cc(Cl)c1. The van der Waals surface area contributed by atoms with Crippen molar-refractivity contribution in [2.75, 3.05) is 5.32 Å². The maximum atomic E-state index is 14.2. The third kappa shape index (κ3) is 4.51. The standard InChI is InChI=1S/C27H15ClF4N6O2/c28-14-3-13(4-16(30)7-14)26(39)36-20-6-12(21-10-38-22(9-33-21)34-11-35-38)5-19-23(20)24(37-27(19)40)18-8-15(29)1-2-17(18)25(31)32/h1-11,24-25H,(H,36,39)(H,37,40)/t24-/m0/s1. The first-order chi connectivity index (χ1) is 19.2. The van der Waals surface area contributed by atoms with Crippen LogP contribution in [0.5, 0.6) is 0 Å². The van der Waals surface area contributed by atoms with Gasteiger partial charge in [0.25, 0.3) is 18.2 Å².